The molecule has 6 nitrogen and oxygen atoms in total. The van der Waals surface area contributed by atoms with E-state index in [1.54, 1.807) is 0 Å². The number of carbonyl (C=O) groups excluding carboxylic acids is 2. The summed E-state index contributed by atoms with van der Waals surface area (Å²) in [5, 5.41) is 5.82. The second-order valence-electron chi connectivity index (χ2n) is 9.18. The van der Waals surface area contributed by atoms with E-state index in [2.05, 4.69) is 22.5 Å². The van der Waals surface area contributed by atoms with Gasteiger partial charge >= 0.3 is 11.8 Å². The van der Waals surface area contributed by atoms with Crippen LogP contribution in [0, 0.1) is 23.2 Å². The molecule has 5 rings (SSSR count). The van der Waals surface area contributed by atoms with E-state index in [-0.39, 0.29) is 11.5 Å². The standard InChI is InChI=1S/C20H33N3O3/c1-14(20-11-15-8-16(12-20)10-17(9-15)13-20)22-19(25)18(24)21-2-3-23-4-6-26-7-5-23/h14-17H,2-13H2,1H3,(H,21,24)(H,22,25). The molecule has 0 aromatic carbocycles. The number of nitrogens with one attached hydrogen (secondary N) is 2. The summed E-state index contributed by atoms with van der Waals surface area (Å²) < 4.78 is 5.32. The highest BCUT2D eigenvalue weighted by Crippen LogP contribution is 2.61. The number of carbonyl (C=O) groups is 2. The number of amides is 2. The lowest BCUT2D eigenvalue weighted by molar-refractivity contribution is -0.141. The largest absolute Gasteiger partial charge is 0.379 e. The Morgan fingerprint density at radius 1 is 1.04 bits per heavy atom. The number of hydrogen-bond donors (Lipinski definition) is 2. The zero-order chi connectivity index (χ0) is 18.1. The highest BCUT2D eigenvalue weighted by Gasteiger charge is 2.53. The van der Waals surface area contributed by atoms with Crippen LogP contribution in [0.4, 0.5) is 0 Å². The smallest absolute Gasteiger partial charge is 0.309 e. The van der Waals surface area contributed by atoms with Gasteiger partial charge in [-0.15, -0.1) is 0 Å². The highest BCUT2D eigenvalue weighted by molar-refractivity contribution is 6.35. The Morgan fingerprint density at radius 3 is 2.19 bits per heavy atom. The van der Waals surface area contributed by atoms with Crippen molar-refractivity contribution in [2.75, 3.05) is 39.4 Å². The first-order valence-electron chi connectivity index (χ1n) is 10.4. The molecule has 6 heteroatoms. The summed E-state index contributed by atoms with van der Waals surface area (Å²) in [4.78, 5) is 26.8. The maximum absolute atomic E-state index is 12.4. The second kappa shape index (κ2) is 7.47. The van der Waals surface area contributed by atoms with Crippen molar-refractivity contribution in [3.05, 3.63) is 0 Å². The molecule has 1 heterocycles. The van der Waals surface area contributed by atoms with Crippen molar-refractivity contribution in [1.29, 1.82) is 0 Å². The SMILES string of the molecule is CC(NC(=O)C(=O)NCCN1CCOCC1)C12CC3CC(CC(C3)C1)C2. The van der Waals surface area contributed by atoms with E-state index in [9.17, 15) is 9.59 Å². The minimum Gasteiger partial charge on any atom is -0.379 e. The lowest BCUT2D eigenvalue weighted by atomic mass is 9.48. The Morgan fingerprint density at radius 2 is 1.62 bits per heavy atom. The molecular weight excluding hydrogens is 330 g/mol. The van der Waals surface area contributed by atoms with E-state index in [0.29, 0.717) is 6.54 Å². The molecule has 0 spiro atoms. The Hall–Kier alpha value is -1.14. The monoisotopic (exact) mass is 363 g/mol. The normalized spacial score (nSPS) is 37.3. The van der Waals surface area contributed by atoms with Crippen LogP contribution in [0.5, 0.6) is 0 Å². The van der Waals surface area contributed by atoms with Crippen molar-refractivity contribution in [3.8, 4) is 0 Å². The molecule has 5 fully saturated rings. The van der Waals surface area contributed by atoms with Gasteiger partial charge in [-0.2, -0.15) is 0 Å². The van der Waals surface area contributed by atoms with Gasteiger partial charge in [0.15, 0.2) is 0 Å². The molecule has 0 aromatic heterocycles. The van der Waals surface area contributed by atoms with Gasteiger partial charge < -0.3 is 15.4 Å². The molecule has 1 aliphatic heterocycles. The quantitative estimate of drug-likeness (QED) is 0.719. The molecule has 4 saturated carbocycles. The lowest BCUT2D eigenvalue weighted by Gasteiger charge is -2.59. The molecule has 2 amide bonds. The van der Waals surface area contributed by atoms with Crippen LogP contribution < -0.4 is 10.6 Å². The van der Waals surface area contributed by atoms with E-state index in [0.717, 1.165) is 50.6 Å². The van der Waals surface area contributed by atoms with Crippen molar-refractivity contribution < 1.29 is 14.3 Å². The summed E-state index contributed by atoms with van der Waals surface area (Å²) in [7, 11) is 0. The molecule has 2 N–H and O–H groups in total. The molecule has 0 radical (unpaired) electrons. The molecule has 1 saturated heterocycles. The second-order valence-corrected chi connectivity index (χ2v) is 9.18. The Bertz CT molecular complexity index is 509. The number of morpholine rings is 1. The van der Waals surface area contributed by atoms with E-state index < -0.39 is 11.8 Å². The minimum atomic E-state index is -0.491. The minimum absolute atomic E-state index is 0.0911. The zero-order valence-electron chi connectivity index (χ0n) is 16.0. The Kier molecular flexibility index (Phi) is 5.24. The first-order valence-corrected chi connectivity index (χ1v) is 10.4. The number of rotatable bonds is 5. The summed E-state index contributed by atoms with van der Waals surface area (Å²) in [6.07, 6.45) is 7.88. The van der Waals surface area contributed by atoms with Crippen LogP contribution in [0.25, 0.3) is 0 Å². The van der Waals surface area contributed by atoms with Crippen molar-refractivity contribution in [2.24, 2.45) is 23.2 Å². The van der Waals surface area contributed by atoms with E-state index >= 15 is 0 Å². The van der Waals surface area contributed by atoms with E-state index in [1.807, 2.05) is 0 Å². The first-order chi connectivity index (χ1) is 12.5. The Labute approximate surface area is 156 Å². The maximum atomic E-state index is 12.4. The zero-order valence-corrected chi connectivity index (χ0v) is 16.0. The summed E-state index contributed by atoms with van der Waals surface area (Å²) in [5.41, 5.74) is 0.235. The summed E-state index contributed by atoms with van der Waals surface area (Å²) >= 11 is 0. The third kappa shape index (κ3) is 3.77. The van der Waals surface area contributed by atoms with Crippen LogP contribution in [0.2, 0.25) is 0 Å². The lowest BCUT2D eigenvalue weighted by Crippen LogP contribution is -2.57. The first kappa shape index (κ1) is 18.2. The van der Waals surface area contributed by atoms with Gasteiger partial charge in [-0.05, 0) is 68.6 Å². The topological polar surface area (TPSA) is 70.7 Å². The molecule has 4 bridgehead atoms. The fourth-order valence-corrected chi connectivity index (χ4v) is 6.36. The van der Waals surface area contributed by atoms with Gasteiger partial charge in [0.25, 0.3) is 0 Å². The number of nitrogens with zero attached hydrogens (tertiary/aromatic N) is 1. The van der Waals surface area contributed by atoms with Gasteiger partial charge in [-0.25, -0.2) is 0 Å². The Balaban J connectivity index is 1.24. The average molecular weight is 364 g/mol. The number of hydrogen-bond acceptors (Lipinski definition) is 4. The van der Waals surface area contributed by atoms with Gasteiger partial charge in [0.05, 0.1) is 13.2 Å². The van der Waals surface area contributed by atoms with E-state index in [4.69, 9.17) is 4.74 Å². The van der Waals surface area contributed by atoms with Gasteiger partial charge in [-0.3, -0.25) is 14.5 Å². The summed E-state index contributed by atoms with van der Waals surface area (Å²) in [6.45, 7) is 6.68. The van der Waals surface area contributed by atoms with Crippen LogP contribution in [0.3, 0.4) is 0 Å². The maximum Gasteiger partial charge on any atom is 0.309 e. The predicted octanol–water partition coefficient (Wildman–Crippen LogP) is 1.16. The predicted molar refractivity (Wildman–Crippen MR) is 98.5 cm³/mol. The fourth-order valence-electron chi connectivity index (χ4n) is 6.36. The van der Waals surface area contributed by atoms with Crippen LogP contribution in [-0.4, -0.2) is 62.1 Å². The molecule has 5 aliphatic rings. The van der Waals surface area contributed by atoms with Crippen molar-refractivity contribution >= 4 is 11.8 Å². The molecular formula is C20H33N3O3. The van der Waals surface area contributed by atoms with Crippen molar-refractivity contribution in [3.63, 3.8) is 0 Å². The molecule has 26 heavy (non-hydrogen) atoms. The summed E-state index contributed by atoms with van der Waals surface area (Å²) in [6, 6.07) is 0.0911. The average Bonchev–Trinajstić information content (AvgIpc) is 2.61. The molecule has 4 aliphatic carbocycles. The van der Waals surface area contributed by atoms with Gasteiger partial charge in [0, 0.05) is 32.2 Å². The van der Waals surface area contributed by atoms with Crippen molar-refractivity contribution in [2.45, 2.75) is 51.5 Å². The third-order valence-electron chi connectivity index (χ3n) is 7.38. The van der Waals surface area contributed by atoms with Crippen LogP contribution >= 0.6 is 0 Å². The highest BCUT2D eigenvalue weighted by atomic mass is 16.5. The van der Waals surface area contributed by atoms with Crippen LogP contribution in [0.1, 0.15) is 45.4 Å². The molecule has 1 atom stereocenters. The van der Waals surface area contributed by atoms with Crippen LogP contribution in [0.15, 0.2) is 0 Å². The van der Waals surface area contributed by atoms with Gasteiger partial charge in [0.2, 0.25) is 0 Å². The van der Waals surface area contributed by atoms with Gasteiger partial charge in [0.1, 0.15) is 0 Å². The molecule has 146 valence electrons. The van der Waals surface area contributed by atoms with Crippen molar-refractivity contribution in [1.82, 2.24) is 15.5 Å². The van der Waals surface area contributed by atoms with Gasteiger partial charge in [-0.1, -0.05) is 0 Å². The van der Waals surface area contributed by atoms with Crippen LogP contribution in [-0.2, 0) is 14.3 Å². The van der Waals surface area contributed by atoms with E-state index in [1.165, 1.54) is 38.5 Å². The summed E-state index contributed by atoms with van der Waals surface area (Å²) in [5.74, 6) is 1.60. The molecule has 0 aromatic rings. The molecule has 1 unspecified atom stereocenters. The number of ether oxygens (including phenoxy) is 1. The fraction of sp³-hybridized carbons (Fsp3) is 0.900. The third-order valence-corrected chi connectivity index (χ3v) is 7.38.